The molecule has 1 fully saturated rings. The second-order valence-electron chi connectivity index (χ2n) is 10.9. The molecule has 1 aromatic heterocycles. The van der Waals surface area contributed by atoms with E-state index in [1.165, 1.54) is 4.68 Å². The third-order valence-electron chi connectivity index (χ3n) is 6.96. The van der Waals surface area contributed by atoms with Crippen LogP contribution in [0.3, 0.4) is 0 Å². The summed E-state index contributed by atoms with van der Waals surface area (Å²) < 4.78 is 13.0. The highest BCUT2D eigenvalue weighted by Crippen LogP contribution is 2.32. The number of ketones is 1. The summed E-state index contributed by atoms with van der Waals surface area (Å²) in [5.41, 5.74) is 1.21. The van der Waals surface area contributed by atoms with Crippen LogP contribution in [0.2, 0.25) is 10.0 Å². The van der Waals surface area contributed by atoms with Crippen molar-refractivity contribution in [1.29, 1.82) is 0 Å². The number of fused-ring (bicyclic) bond motifs is 1. The molecule has 5 rings (SSSR count). The molecule has 1 aliphatic rings. The van der Waals surface area contributed by atoms with Crippen LogP contribution in [0.4, 0.5) is 5.82 Å². The van der Waals surface area contributed by atoms with E-state index >= 15 is 0 Å². The van der Waals surface area contributed by atoms with E-state index in [1.807, 2.05) is 45.0 Å². The largest absolute Gasteiger partial charge is 0.492 e. The summed E-state index contributed by atoms with van der Waals surface area (Å²) in [6.45, 7) is 10.5. The number of carbonyl (C=O) groups is 2. The van der Waals surface area contributed by atoms with E-state index in [4.69, 9.17) is 32.7 Å². The highest BCUT2D eigenvalue weighted by atomic mass is 35.5. The summed E-state index contributed by atoms with van der Waals surface area (Å²) in [7, 11) is 0. The standard InChI is InChI=1S/C31H32Cl2N4O4/c1-31(2,3)27-19-28(37(35-27)25-10-8-20(32)18-24(25)33)34-30(39)29(38)23-9-11-26(22-7-5-4-6-21(22)23)41-17-14-36-12-15-40-16-13-36/h4-11,18-19H,12-17H2,1-3H3,(H,34,39). The van der Waals surface area contributed by atoms with Gasteiger partial charge < -0.3 is 14.8 Å². The highest BCUT2D eigenvalue weighted by Gasteiger charge is 2.26. The second kappa shape index (κ2) is 12.2. The Hall–Kier alpha value is -3.43. The van der Waals surface area contributed by atoms with Crippen molar-refractivity contribution in [2.45, 2.75) is 26.2 Å². The first-order chi connectivity index (χ1) is 19.6. The van der Waals surface area contributed by atoms with Gasteiger partial charge in [-0.15, -0.1) is 0 Å². The maximum absolute atomic E-state index is 13.5. The minimum Gasteiger partial charge on any atom is -0.492 e. The van der Waals surface area contributed by atoms with Gasteiger partial charge in [0.2, 0.25) is 0 Å². The Labute approximate surface area is 249 Å². The van der Waals surface area contributed by atoms with E-state index < -0.39 is 11.7 Å². The fourth-order valence-electron chi connectivity index (χ4n) is 4.67. The average Bonchev–Trinajstić information content (AvgIpc) is 3.37. The summed E-state index contributed by atoms with van der Waals surface area (Å²) in [4.78, 5) is 29.2. The number of amides is 1. The molecule has 1 N–H and O–H groups in total. The fraction of sp³-hybridized carbons (Fsp3) is 0.323. The molecule has 41 heavy (non-hydrogen) atoms. The van der Waals surface area contributed by atoms with Crippen molar-refractivity contribution in [3.8, 4) is 11.4 Å². The van der Waals surface area contributed by atoms with Crippen molar-refractivity contribution in [2.75, 3.05) is 44.8 Å². The Balaban J connectivity index is 1.40. The third kappa shape index (κ3) is 6.57. The van der Waals surface area contributed by atoms with Crippen molar-refractivity contribution in [3.63, 3.8) is 0 Å². The zero-order valence-corrected chi connectivity index (χ0v) is 24.8. The Morgan fingerprint density at radius 2 is 1.73 bits per heavy atom. The van der Waals surface area contributed by atoms with Crippen molar-refractivity contribution in [1.82, 2.24) is 14.7 Å². The normalized spacial score (nSPS) is 14.3. The molecule has 0 unspecified atom stereocenters. The van der Waals surface area contributed by atoms with Crippen LogP contribution in [0, 0.1) is 0 Å². The van der Waals surface area contributed by atoms with E-state index in [1.54, 1.807) is 36.4 Å². The Morgan fingerprint density at radius 1 is 1.00 bits per heavy atom. The first-order valence-corrected chi connectivity index (χ1v) is 14.2. The number of aromatic nitrogens is 2. The number of anilines is 1. The molecule has 0 radical (unpaired) electrons. The molecule has 4 aromatic rings. The van der Waals surface area contributed by atoms with Gasteiger partial charge in [-0.2, -0.15) is 5.10 Å². The SMILES string of the molecule is CC(C)(C)c1cc(NC(=O)C(=O)c2ccc(OCCN3CCOCC3)c3ccccc23)n(-c2ccc(Cl)cc2Cl)n1. The predicted octanol–water partition coefficient (Wildman–Crippen LogP) is 6.16. The number of nitrogens with one attached hydrogen (secondary N) is 1. The Bertz CT molecular complexity index is 1590. The monoisotopic (exact) mass is 594 g/mol. The van der Waals surface area contributed by atoms with Crippen LogP contribution in [-0.4, -0.2) is 65.8 Å². The lowest BCUT2D eigenvalue weighted by Crippen LogP contribution is -2.38. The molecule has 8 nitrogen and oxygen atoms in total. The minimum atomic E-state index is -0.789. The molecule has 10 heteroatoms. The molecule has 0 aliphatic carbocycles. The quantitative estimate of drug-likeness (QED) is 0.194. The number of carbonyl (C=O) groups excluding carboxylic acids is 2. The molecule has 2 heterocycles. The first kappa shape index (κ1) is 29.1. The van der Waals surface area contributed by atoms with E-state index in [0.29, 0.717) is 39.3 Å². The molecular formula is C31H32Cl2N4O4. The first-order valence-electron chi connectivity index (χ1n) is 13.5. The third-order valence-corrected chi connectivity index (χ3v) is 7.50. The van der Waals surface area contributed by atoms with E-state index in [2.05, 4.69) is 15.3 Å². The molecule has 1 saturated heterocycles. The smallest absolute Gasteiger partial charge is 0.297 e. The molecule has 0 saturated carbocycles. The zero-order chi connectivity index (χ0) is 29.1. The lowest BCUT2D eigenvalue weighted by molar-refractivity contribution is -0.112. The average molecular weight is 596 g/mol. The van der Waals surface area contributed by atoms with Gasteiger partial charge in [0, 0.05) is 47.1 Å². The van der Waals surface area contributed by atoms with Gasteiger partial charge in [-0.05, 0) is 35.7 Å². The maximum Gasteiger partial charge on any atom is 0.297 e. The number of hydrogen-bond donors (Lipinski definition) is 1. The predicted molar refractivity (Wildman–Crippen MR) is 162 cm³/mol. The number of nitrogens with zero attached hydrogens (tertiary/aromatic N) is 3. The molecule has 0 bridgehead atoms. The number of ether oxygens (including phenoxy) is 2. The number of morpholine rings is 1. The van der Waals surface area contributed by atoms with E-state index in [-0.39, 0.29) is 11.0 Å². The van der Waals surface area contributed by atoms with Gasteiger partial charge in [0.15, 0.2) is 0 Å². The van der Waals surface area contributed by atoms with Crippen LogP contribution in [-0.2, 0) is 14.9 Å². The van der Waals surface area contributed by atoms with Crippen molar-refractivity contribution >= 4 is 51.5 Å². The summed E-state index contributed by atoms with van der Waals surface area (Å²) in [6, 6.07) is 17.6. The fourth-order valence-corrected chi connectivity index (χ4v) is 5.16. The maximum atomic E-state index is 13.5. The van der Waals surface area contributed by atoms with Crippen LogP contribution in [0.1, 0.15) is 36.8 Å². The lowest BCUT2D eigenvalue weighted by atomic mass is 9.92. The number of Topliss-reactive ketones (excluding diaryl/α,β-unsaturated/α-hetero) is 1. The minimum absolute atomic E-state index is 0.283. The van der Waals surface area contributed by atoms with Crippen molar-refractivity contribution in [2.24, 2.45) is 0 Å². The molecular weight excluding hydrogens is 563 g/mol. The number of hydrogen-bond acceptors (Lipinski definition) is 6. The van der Waals surface area contributed by atoms with Crippen LogP contribution in [0.5, 0.6) is 5.75 Å². The number of halogens is 2. The van der Waals surface area contributed by atoms with Crippen LogP contribution < -0.4 is 10.1 Å². The molecule has 1 aliphatic heterocycles. The molecule has 3 aromatic carbocycles. The topological polar surface area (TPSA) is 85.7 Å². The van der Waals surface area contributed by atoms with E-state index in [0.717, 1.165) is 43.9 Å². The van der Waals surface area contributed by atoms with Gasteiger partial charge in [-0.25, -0.2) is 4.68 Å². The van der Waals surface area contributed by atoms with Gasteiger partial charge in [-0.3, -0.25) is 14.5 Å². The lowest BCUT2D eigenvalue weighted by Gasteiger charge is -2.26. The molecule has 0 spiro atoms. The number of rotatable bonds is 8. The molecule has 1 amide bonds. The van der Waals surface area contributed by atoms with Gasteiger partial charge in [0.1, 0.15) is 18.2 Å². The molecule has 214 valence electrons. The summed E-state index contributed by atoms with van der Waals surface area (Å²) >= 11 is 12.6. The highest BCUT2D eigenvalue weighted by molar-refractivity contribution is 6.48. The number of benzene rings is 3. The van der Waals surface area contributed by atoms with Crippen molar-refractivity contribution in [3.05, 3.63) is 82.0 Å². The van der Waals surface area contributed by atoms with Gasteiger partial charge >= 0.3 is 0 Å². The van der Waals surface area contributed by atoms with Gasteiger partial charge in [0.25, 0.3) is 11.7 Å². The second-order valence-corrected chi connectivity index (χ2v) is 11.8. The Kier molecular flexibility index (Phi) is 8.66. The van der Waals surface area contributed by atoms with Crippen molar-refractivity contribution < 1.29 is 19.1 Å². The zero-order valence-electron chi connectivity index (χ0n) is 23.2. The summed E-state index contributed by atoms with van der Waals surface area (Å²) in [5, 5.41) is 9.69. The Morgan fingerprint density at radius 3 is 2.44 bits per heavy atom. The molecule has 0 atom stereocenters. The van der Waals surface area contributed by atoms with Crippen LogP contribution in [0.15, 0.2) is 60.7 Å². The summed E-state index contributed by atoms with van der Waals surface area (Å²) in [5.74, 6) is -0.475. The van der Waals surface area contributed by atoms with E-state index in [9.17, 15) is 9.59 Å². The van der Waals surface area contributed by atoms with Crippen LogP contribution >= 0.6 is 23.2 Å². The summed E-state index contributed by atoms with van der Waals surface area (Å²) in [6.07, 6.45) is 0. The van der Waals surface area contributed by atoms with Gasteiger partial charge in [-0.1, -0.05) is 68.2 Å². The van der Waals surface area contributed by atoms with Crippen LogP contribution in [0.25, 0.3) is 16.5 Å². The van der Waals surface area contributed by atoms with Gasteiger partial charge in [0.05, 0.1) is 29.6 Å².